The minimum absolute atomic E-state index is 0.189. The maximum Gasteiger partial charge on any atom is 0.335 e. The van der Waals surface area contributed by atoms with Crippen molar-refractivity contribution in [2.45, 2.75) is 25.6 Å². The molecular weight excluding hydrogens is 328 g/mol. The highest BCUT2D eigenvalue weighted by Gasteiger charge is 2.28. The second kappa shape index (κ2) is 8.94. The summed E-state index contributed by atoms with van der Waals surface area (Å²) in [5, 5.41) is 22.2. The van der Waals surface area contributed by atoms with Crippen LogP contribution in [0.4, 0.5) is 0 Å². The van der Waals surface area contributed by atoms with Gasteiger partial charge in [0.05, 0.1) is 5.56 Å². The number of rotatable bonds is 7. The number of aliphatic hydroxyl groups is 1. The van der Waals surface area contributed by atoms with E-state index in [2.05, 4.69) is 34.5 Å². The van der Waals surface area contributed by atoms with Gasteiger partial charge in [0.15, 0.2) is 0 Å². The molecule has 1 fully saturated rings. The lowest BCUT2D eigenvalue weighted by molar-refractivity contribution is 0.0696. The molecule has 3 N–H and O–H groups in total. The van der Waals surface area contributed by atoms with Gasteiger partial charge < -0.3 is 15.5 Å². The molecule has 0 spiro atoms. The number of benzene rings is 2. The Hall–Kier alpha value is -2.21. The third kappa shape index (κ3) is 4.91. The van der Waals surface area contributed by atoms with E-state index in [-0.39, 0.29) is 18.6 Å². The number of carboxylic acids is 1. The summed E-state index contributed by atoms with van der Waals surface area (Å²) in [4.78, 5) is 13.4. The normalized spacial score (nSPS) is 20.8. The number of nitrogens with one attached hydrogen (secondary N) is 1. The van der Waals surface area contributed by atoms with Crippen LogP contribution in [0.5, 0.6) is 0 Å². The largest absolute Gasteiger partial charge is 0.478 e. The molecule has 26 heavy (non-hydrogen) atoms. The van der Waals surface area contributed by atoms with Crippen LogP contribution in [0.2, 0.25) is 0 Å². The topological polar surface area (TPSA) is 72.8 Å². The van der Waals surface area contributed by atoms with Crippen LogP contribution in [0.25, 0.3) is 0 Å². The number of nitrogens with zero attached hydrogens (tertiary/aromatic N) is 1. The molecule has 5 heteroatoms. The first kappa shape index (κ1) is 18.6. The molecule has 0 radical (unpaired) electrons. The molecule has 1 aliphatic rings. The lowest BCUT2D eigenvalue weighted by Crippen LogP contribution is -2.51. The zero-order valence-electron chi connectivity index (χ0n) is 14.8. The van der Waals surface area contributed by atoms with Gasteiger partial charge in [-0.25, -0.2) is 4.79 Å². The Labute approximate surface area is 154 Å². The maximum absolute atomic E-state index is 10.9. The van der Waals surface area contributed by atoms with Gasteiger partial charge in [-0.15, -0.1) is 0 Å². The van der Waals surface area contributed by atoms with E-state index < -0.39 is 5.97 Å². The third-order valence-electron chi connectivity index (χ3n) is 5.09. The van der Waals surface area contributed by atoms with Gasteiger partial charge >= 0.3 is 5.97 Å². The van der Waals surface area contributed by atoms with Crippen molar-refractivity contribution < 1.29 is 15.0 Å². The van der Waals surface area contributed by atoms with Crippen molar-refractivity contribution >= 4 is 5.97 Å². The molecule has 0 saturated carbocycles. The minimum atomic E-state index is -0.909. The average Bonchev–Trinajstić information content (AvgIpc) is 2.67. The van der Waals surface area contributed by atoms with Crippen molar-refractivity contribution in [3.8, 4) is 0 Å². The minimum Gasteiger partial charge on any atom is -0.478 e. The van der Waals surface area contributed by atoms with E-state index >= 15 is 0 Å². The molecule has 138 valence electrons. The van der Waals surface area contributed by atoms with E-state index in [0.717, 1.165) is 31.6 Å². The summed E-state index contributed by atoms with van der Waals surface area (Å²) in [7, 11) is 0. The molecule has 5 nitrogen and oxygen atoms in total. The number of aromatic carboxylic acids is 1. The Bertz CT molecular complexity index is 703. The summed E-state index contributed by atoms with van der Waals surface area (Å²) >= 11 is 0. The van der Waals surface area contributed by atoms with E-state index in [1.807, 2.05) is 18.2 Å². The van der Waals surface area contributed by atoms with Crippen LogP contribution in [0, 0.1) is 5.92 Å². The van der Waals surface area contributed by atoms with Gasteiger partial charge in [-0.1, -0.05) is 42.5 Å². The predicted octanol–water partition coefficient (Wildman–Crippen LogP) is 2.36. The summed E-state index contributed by atoms with van der Waals surface area (Å²) in [6, 6.07) is 17.6. The van der Waals surface area contributed by atoms with Gasteiger partial charge in [0.2, 0.25) is 0 Å². The molecular formula is C21H26N2O3. The third-order valence-corrected chi connectivity index (χ3v) is 5.09. The molecule has 0 amide bonds. The molecule has 0 aromatic heterocycles. The van der Waals surface area contributed by atoms with Crippen LogP contribution >= 0.6 is 0 Å². The van der Waals surface area contributed by atoms with E-state index in [1.54, 1.807) is 12.1 Å². The lowest BCUT2D eigenvalue weighted by atomic mass is 9.91. The van der Waals surface area contributed by atoms with Gasteiger partial charge in [0.25, 0.3) is 0 Å². The zero-order valence-corrected chi connectivity index (χ0v) is 14.8. The van der Waals surface area contributed by atoms with E-state index in [0.29, 0.717) is 12.1 Å². The number of aliphatic hydroxyl groups excluding tert-OH is 1. The number of likely N-dealkylation sites (tertiary alicyclic amines) is 1. The van der Waals surface area contributed by atoms with Gasteiger partial charge in [-0.3, -0.25) is 4.90 Å². The van der Waals surface area contributed by atoms with Crippen molar-refractivity contribution in [3.05, 3.63) is 71.3 Å². The summed E-state index contributed by atoms with van der Waals surface area (Å²) in [6.45, 7) is 3.67. The summed E-state index contributed by atoms with van der Waals surface area (Å²) < 4.78 is 0. The molecule has 2 aromatic rings. The van der Waals surface area contributed by atoms with Gasteiger partial charge in [-0.2, -0.15) is 0 Å². The summed E-state index contributed by atoms with van der Waals surface area (Å²) in [5.41, 5.74) is 2.65. The van der Waals surface area contributed by atoms with Crippen LogP contribution < -0.4 is 5.32 Å². The van der Waals surface area contributed by atoms with Crippen LogP contribution in [-0.2, 0) is 13.1 Å². The van der Waals surface area contributed by atoms with Crippen LogP contribution in [0.15, 0.2) is 54.6 Å². The highest BCUT2D eigenvalue weighted by Crippen LogP contribution is 2.20. The summed E-state index contributed by atoms with van der Waals surface area (Å²) in [5.74, 6) is -0.658. The first-order chi connectivity index (χ1) is 12.7. The number of piperidine rings is 1. The molecule has 2 atom stereocenters. The Morgan fingerprint density at radius 1 is 1.08 bits per heavy atom. The van der Waals surface area contributed by atoms with Crippen LogP contribution in [-0.4, -0.2) is 46.8 Å². The number of carbonyl (C=O) groups is 1. The van der Waals surface area contributed by atoms with Crippen molar-refractivity contribution in [2.24, 2.45) is 5.92 Å². The molecule has 3 rings (SSSR count). The first-order valence-corrected chi connectivity index (χ1v) is 9.08. The van der Waals surface area contributed by atoms with Crippen LogP contribution in [0.1, 0.15) is 27.9 Å². The van der Waals surface area contributed by atoms with Crippen molar-refractivity contribution in [1.82, 2.24) is 10.2 Å². The second-order valence-electron chi connectivity index (χ2n) is 6.94. The molecule has 2 aromatic carbocycles. The van der Waals surface area contributed by atoms with Crippen molar-refractivity contribution in [2.75, 3.05) is 19.7 Å². The fraction of sp³-hybridized carbons (Fsp3) is 0.381. The molecule has 1 heterocycles. The highest BCUT2D eigenvalue weighted by molar-refractivity contribution is 5.87. The molecule has 0 bridgehead atoms. The monoisotopic (exact) mass is 354 g/mol. The fourth-order valence-electron chi connectivity index (χ4n) is 3.52. The Kier molecular flexibility index (Phi) is 6.39. The standard InChI is InChI=1S/C21H26N2O3/c24-15-19-10-11-23(13-17-4-2-1-3-5-17)14-20(19)22-12-16-6-8-18(9-7-16)21(25)26/h1-9,19-20,22,24H,10-15H2,(H,25,26). The maximum atomic E-state index is 10.9. The van der Waals surface area contributed by atoms with Crippen molar-refractivity contribution in [1.29, 1.82) is 0 Å². The number of hydrogen-bond acceptors (Lipinski definition) is 4. The highest BCUT2D eigenvalue weighted by atomic mass is 16.4. The Balaban J connectivity index is 1.57. The van der Waals surface area contributed by atoms with Gasteiger partial charge in [0, 0.05) is 32.3 Å². The fourth-order valence-corrected chi connectivity index (χ4v) is 3.52. The Morgan fingerprint density at radius 2 is 1.81 bits per heavy atom. The first-order valence-electron chi connectivity index (χ1n) is 9.08. The van der Waals surface area contributed by atoms with Crippen LogP contribution in [0.3, 0.4) is 0 Å². The number of carboxylic acid groups (broad SMARTS) is 1. The van der Waals surface area contributed by atoms with Gasteiger partial charge in [-0.05, 0) is 42.1 Å². The average molecular weight is 354 g/mol. The summed E-state index contributed by atoms with van der Waals surface area (Å²) in [6.07, 6.45) is 0.971. The van der Waals surface area contributed by atoms with E-state index in [4.69, 9.17) is 5.11 Å². The molecule has 2 unspecified atom stereocenters. The molecule has 0 aliphatic carbocycles. The van der Waals surface area contributed by atoms with Gasteiger partial charge in [0.1, 0.15) is 0 Å². The predicted molar refractivity (Wildman–Crippen MR) is 101 cm³/mol. The smallest absolute Gasteiger partial charge is 0.335 e. The second-order valence-corrected chi connectivity index (χ2v) is 6.94. The lowest BCUT2D eigenvalue weighted by Gasteiger charge is -2.38. The quantitative estimate of drug-likeness (QED) is 0.712. The molecule has 1 saturated heterocycles. The Morgan fingerprint density at radius 3 is 2.46 bits per heavy atom. The van der Waals surface area contributed by atoms with E-state index in [1.165, 1.54) is 5.56 Å². The van der Waals surface area contributed by atoms with Crippen molar-refractivity contribution in [3.63, 3.8) is 0 Å². The molecule has 1 aliphatic heterocycles. The SMILES string of the molecule is O=C(O)c1ccc(CNC2CN(Cc3ccccc3)CCC2CO)cc1. The zero-order chi connectivity index (χ0) is 18.4. The van der Waals surface area contributed by atoms with E-state index in [9.17, 15) is 9.90 Å². The number of hydrogen-bond donors (Lipinski definition) is 3.